The maximum Gasteiger partial charge on any atom is 0.116 e. The lowest BCUT2D eigenvalue weighted by Crippen LogP contribution is -2.22. The van der Waals surface area contributed by atoms with Gasteiger partial charge in [-0.3, -0.25) is 0 Å². The molecule has 0 unspecified atom stereocenters. The normalized spacial score (nSPS) is 18.2. The molecule has 1 saturated carbocycles. The second-order valence-corrected chi connectivity index (χ2v) is 6.05. The summed E-state index contributed by atoms with van der Waals surface area (Å²) in [6, 6.07) is 0. The van der Waals surface area contributed by atoms with Crippen LogP contribution in [0.5, 0.6) is 0 Å². The fourth-order valence-electron chi connectivity index (χ4n) is 2.65. The maximum atomic E-state index is 4.57. The van der Waals surface area contributed by atoms with Crippen molar-refractivity contribution in [2.45, 2.75) is 46.0 Å². The fraction of sp³-hybridized carbons (Fsp3) is 0.667. The zero-order valence-electron chi connectivity index (χ0n) is 11.5. The quantitative estimate of drug-likeness (QED) is 0.868. The molecule has 0 saturated heterocycles. The van der Waals surface area contributed by atoms with E-state index in [1.165, 1.54) is 37.1 Å². The number of likely N-dealkylation sites (N-methyl/N-ethyl adjacent to an activating group) is 1. The van der Waals surface area contributed by atoms with Crippen LogP contribution in [-0.4, -0.2) is 18.1 Å². The minimum Gasteiger partial charge on any atom is -0.313 e. The highest BCUT2D eigenvalue weighted by atomic mass is 32.1. The van der Waals surface area contributed by atoms with Crippen LogP contribution in [0.3, 0.4) is 0 Å². The summed E-state index contributed by atoms with van der Waals surface area (Å²) in [6.45, 7) is 6.31. The topological polar surface area (TPSA) is 24.9 Å². The molecule has 2 rings (SSSR count). The smallest absolute Gasteiger partial charge is 0.116 e. The summed E-state index contributed by atoms with van der Waals surface area (Å²) in [7, 11) is 0. The van der Waals surface area contributed by atoms with Crippen molar-refractivity contribution < 1.29 is 0 Å². The van der Waals surface area contributed by atoms with Crippen molar-refractivity contribution in [3.05, 3.63) is 21.7 Å². The van der Waals surface area contributed by atoms with E-state index in [-0.39, 0.29) is 0 Å². The number of hydrogen-bond donors (Lipinski definition) is 1. The minimum atomic E-state index is 0.780. The molecule has 1 N–H and O–H groups in total. The van der Waals surface area contributed by atoms with Gasteiger partial charge < -0.3 is 5.32 Å². The molecule has 1 aliphatic carbocycles. The number of thiazole rings is 1. The summed E-state index contributed by atoms with van der Waals surface area (Å²) in [6.07, 6.45) is 9.26. The third-order valence-electron chi connectivity index (χ3n) is 3.65. The standard InChI is InChI=1S/C15H24N2S/c1-3-16-10-14(13-7-5-4-6-8-13)9-15-17-12(2)11-18-15/h9,11,13,16H,3-8,10H2,1-2H3. The van der Waals surface area contributed by atoms with Crippen molar-refractivity contribution in [1.82, 2.24) is 10.3 Å². The summed E-state index contributed by atoms with van der Waals surface area (Å²) in [4.78, 5) is 4.57. The molecule has 1 fully saturated rings. The minimum absolute atomic E-state index is 0.780. The van der Waals surface area contributed by atoms with Crippen molar-refractivity contribution in [1.29, 1.82) is 0 Å². The molecule has 0 atom stereocenters. The second kappa shape index (κ2) is 7.05. The Balaban J connectivity index is 2.10. The van der Waals surface area contributed by atoms with E-state index >= 15 is 0 Å². The average molecular weight is 264 g/mol. The molecule has 1 aromatic heterocycles. The van der Waals surface area contributed by atoms with Crippen molar-refractivity contribution in [2.24, 2.45) is 5.92 Å². The van der Waals surface area contributed by atoms with E-state index < -0.39 is 0 Å². The first-order chi connectivity index (χ1) is 8.79. The van der Waals surface area contributed by atoms with Gasteiger partial charge in [0.25, 0.3) is 0 Å². The van der Waals surface area contributed by atoms with Crippen LogP contribution in [-0.2, 0) is 0 Å². The fourth-order valence-corrected chi connectivity index (χ4v) is 3.41. The van der Waals surface area contributed by atoms with E-state index in [9.17, 15) is 0 Å². The molecule has 1 heterocycles. The zero-order chi connectivity index (χ0) is 12.8. The summed E-state index contributed by atoms with van der Waals surface area (Å²) in [5.41, 5.74) is 2.70. The molecular weight excluding hydrogens is 240 g/mol. The van der Waals surface area contributed by atoms with E-state index in [0.29, 0.717) is 0 Å². The third kappa shape index (κ3) is 3.92. The Morgan fingerprint density at radius 3 is 2.83 bits per heavy atom. The Bertz CT molecular complexity index is 389. The molecule has 0 amide bonds. The van der Waals surface area contributed by atoms with E-state index in [1.54, 1.807) is 16.9 Å². The third-order valence-corrected chi connectivity index (χ3v) is 4.56. The first-order valence-corrected chi connectivity index (χ1v) is 8.01. The highest BCUT2D eigenvalue weighted by Gasteiger charge is 2.17. The van der Waals surface area contributed by atoms with Crippen molar-refractivity contribution in [3.63, 3.8) is 0 Å². The summed E-state index contributed by atoms with van der Waals surface area (Å²) < 4.78 is 0. The molecule has 1 aliphatic rings. The van der Waals surface area contributed by atoms with Gasteiger partial charge >= 0.3 is 0 Å². The van der Waals surface area contributed by atoms with Crippen LogP contribution >= 0.6 is 11.3 Å². The van der Waals surface area contributed by atoms with Crippen LogP contribution < -0.4 is 5.32 Å². The Morgan fingerprint density at radius 1 is 1.44 bits per heavy atom. The summed E-state index contributed by atoms with van der Waals surface area (Å²) >= 11 is 1.76. The van der Waals surface area contributed by atoms with E-state index in [4.69, 9.17) is 0 Å². The van der Waals surface area contributed by atoms with Gasteiger partial charge in [-0.05, 0) is 38.3 Å². The molecule has 3 heteroatoms. The lowest BCUT2D eigenvalue weighted by atomic mass is 9.83. The van der Waals surface area contributed by atoms with Crippen LogP contribution in [0.1, 0.15) is 49.7 Å². The molecule has 0 bridgehead atoms. The van der Waals surface area contributed by atoms with Crippen LogP contribution in [0, 0.1) is 12.8 Å². The summed E-state index contributed by atoms with van der Waals surface area (Å²) in [5.74, 6) is 0.780. The SMILES string of the molecule is CCNCC(=Cc1nc(C)cs1)C1CCCCC1. The van der Waals surface area contributed by atoms with E-state index in [1.807, 2.05) is 0 Å². The number of nitrogens with zero attached hydrogens (tertiary/aromatic N) is 1. The van der Waals surface area contributed by atoms with Crippen LogP contribution in [0.25, 0.3) is 6.08 Å². The van der Waals surface area contributed by atoms with E-state index in [0.717, 1.165) is 24.7 Å². The molecule has 0 spiro atoms. The van der Waals surface area contributed by atoms with Gasteiger partial charge in [0.1, 0.15) is 5.01 Å². The van der Waals surface area contributed by atoms with Gasteiger partial charge in [0.15, 0.2) is 0 Å². The highest BCUT2D eigenvalue weighted by Crippen LogP contribution is 2.30. The van der Waals surface area contributed by atoms with Crippen LogP contribution in [0.2, 0.25) is 0 Å². The lowest BCUT2D eigenvalue weighted by molar-refractivity contribution is 0.397. The van der Waals surface area contributed by atoms with Crippen LogP contribution in [0.15, 0.2) is 11.0 Å². The van der Waals surface area contributed by atoms with Gasteiger partial charge in [-0.2, -0.15) is 0 Å². The summed E-state index contributed by atoms with van der Waals surface area (Å²) in [5, 5.41) is 6.79. The molecule has 0 radical (unpaired) electrons. The van der Waals surface area contributed by atoms with Gasteiger partial charge in [0.2, 0.25) is 0 Å². The van der Waals surface area contributed by atoms with Crippen molar-refractivity contribution >= 4 is 17.4 Å². The molecule has 18 heavy (non-hydrogen) atoms. The van der Waals surface area contributed by atoms with E-state index in [2.05, 4.69) is 35.6 Å². The number of nitrogens with one attached hydrogen (secondary N) is 1. The first kappa shape index (κ1) is 13.8. The Labute approximate surface area is 115 Å². The Kier molecular flexibility index (Phi) is 5.39. The first-order valence-electron chi connectivity index (χ1n) is 7.13. The number of aromatic nitrogens is 1. The monoisotopic (exact) mass is 264 g/mol. The molecule has 0 aromatic carbocycles. The van der Waals surface area contributed by atoms with Gasteiger partial charge in [-0.25, -0.2) is 4.98 Å². The van der Waals surface area contributed by atoms with Crippen molar-refractivity contribution in [3.8, 4) is 0 Å². The van der Waals surface area contributed by atoms with Crippen LogP contribution in [0.4, 0.5) is 0 Å². The highest BCUT2D eigenvalue weighted by molar-refractivity contribution is 7.10. The molecule has 0 aliphatic heterocycles. The average Bonchev–Trinajstić information content (AvgIpc) is 2.81. The molecule has 2 nitrogen and oxygen atoms in total. The van der Waals surface area contributed by atoms with Gasteiger partial charge in [0, 0.05) is 17.6 Å². The number of hydrogen-bond acceptors (Lipinski definition) is 3. The molecule has 100 valence electrons. The predicted molar refractivity (Wildman–Crippen MR) is 79.9 cm³/mol. The maximum absolute atomic E-state index is 4.57. The largest absolute Gasteiger partial charge is 0.313 e. The Hall–Kier alpha value is -0.670. The van der Waals surface area contributed by atoms with Gasteiger partial charge in [-0.15, -0.1) is 11.3 Å². The Morgan fingerprint density at radius 2 is 2.22 bits per heavy atom. The molecule has 1 aromatic rings. The van der Waals surface area contributed by atoms with Gasteiger partial charge in [-0.1, -0.05) is 31.8 Å². The second-order valence-electron chi connectivity index (χ2n) is 5.16. The van der Waals surface area contributed by atoms with Crippen molar-refractivity contribution in [2.75, 3.05) is 13.1 Å². The molecular formula is C15H24N2S. The number of rotatable bonds is 5. The predicted octanol–water partition coefficient (Wildman–Crippen LogP) is 4.02. The number of aryl methyl sites for hydroxylation is 1. The van der Waals surface area contributed by atoms with Gasteiger partial charge in [0.05, 0.1) is 0 Å². The lowest BCUT2D eigenvalue weighted by Gasteiger charge is -2.24. The zero-order valence-corrected chi connectivity index (χ0v) is 12.4.